The van der Waals surface area contributed by atoms with Gasteiger partial charge in [-0.2, -0.15) is 0 Å². The summed E-state index contributed by atoms with van der Waals surface area (Å²) >= 11 is 0. The minimum atomic E-state index is -0.162. The van der Waals surface area contributed by atoms with Crippen molar-refractivity contribution in [3.8, 4) is 22.9 Å². The lowest BCUT2D eigenvalue weighted by atomic mass is 10.2. The maximum atomic E-state index is 13.6. The number of carbonyl (C=O) groups excluding carboxylic acids is 1. The molecular formula is C26H24N4O4. The van der Waals surface area contributed by atoms with E-state index in [1.807, 2.05) is 54.6 Å². The van der Waals surface area contributed by atoms with Crippen LogP contribution in [0.2, 0.25) is 0 Å². The number of aromatic nitrogens is 3. The van der Waals surface area contributed by atoms with E-state index in [4.69, 9.17) is 9.47 Å². The van der Waals surface area contributed by atoms with Crippen molar-refractivity contribution in [2.45, 2.75) is 12.5 Å². The monoisotopic (exact) mass is 456 g/mol. The van der Waals surface area contributed by atoms with Gasteiger partial charge in [-0.3, -0.25) is 18.9 Å². The third-order valence-corrected chi connectivity index (χ3v) is 6.08. The van der Waals surface area contributed by atoms with Gasteiger partial charge in [-0.25, -0.2) is 4.79 Å². The number of hydrogen-bond acceptors (Lipinski definition) is 5. The van der Waals surface area contributed by atoms with Gasteiger partial charge in [0.15, 0.2) is 0 Å². The maximum Gasteiger partial charge on any atom is 0.334 e. The van der Waals surface area contributed by atoms with Gasteiger partial charge in [-0.05, 0) is 67.1 Å². The highest BCUT2D eigenvalue weighted by molar-refractivity contribution is 5.87. The number of fused-ring (bicyclic) bond motifs is 1. The van der Waals surface area contributed by atoms with Crippen molar-refractivity contribution in [2.24, 2.45) is 0 Å². The highest BCUT2D eigenvalue weighted by Gasteiger charge is 2.29. The molecule has 0 radical (unpaired) electrons. The smallest absolute Gasteiger partial charge is 0.334 e. The summed E-state index contributed by atoms with van der Waals surface area (Å²) in [6.45, 7) is 4.63. The molecule has 1 atom stereocenters. The normalized spacial score (nSPS) is 15.4. The van der Waals surface area contributed by atoms with E-state index in [9.17, 15) is 9.59 Å². The minimum Gasteiger partial charge on any atom is -0.497 e. The average Bonchev–Trinajstić information content (AvgIpc) is 3.46. The van der Waals surface area contributed by atoms with E-state index in [2.05, 4.69) is 11.6 Å². The van der Waals surface area contributed by atoms with Crippen LogP contribution in [0.4, 0.5) is 0 Å². The zero-order chi connectivity index (χ0) is 23.7. The Morgan fingerprint density at radius 2 is 1.71 bits per heavy atom. The zero-order valence-corrected chi connectivity index (χ0v) is 18.8. The van der Waals surface area contributed by atoms with Crippen molar-refractivity contribution in [1.29, 1.82) is 0 Å². The van der Waals surface area contributed by atoms with Crippen molar-refractivity contribution in [2.75, 3.05) is 20.2 Å². The summed E-state index contributed by atoms with van der Waals surface area (Å²) in [6.07, 6.45) is 5.39. The lowest BCUT2D eigenvalue weighted by molar-refractivity contribution is -0.125. The van der Waals surface area contributed by atoms with Crippen molar-refractivity contribution in [3.05, 3.63) is 90.1 Å². The van der Waals surface area contributed by atoms with E-state index in [0.717, 1.165) is 11.3 Å². The largest absolute Gasteiger partial charge is 0.497 e. The van der Waals surface area contributed by atoms with Gasteiger partial charge in [0.05, 0.1) is 36.1 Å². The van der Waals surface area contributed by atoms with Crippen LogP contribution in [0.25, 0.3) is 16.7 Å². The molecule has 0 aliphatic carbocycles. The molecule has 1 saturated heterocycles. The van der Waals surface area contributed by atoms with Gasteiger partial charge in [-0.15, -0.1) is 0 Å². The minimum absolute atomic E-state index is 0.111. The molecule has 0 spiro atoms. The molecular weight excluding hydrogens is 432 g/mol. The number of benzene rings is 2. The third kappa shape index (κ3) is 3.83. The fraction of sp³-hybridized carbons (Fsp3) is 0.192. The summed E-state index contributed by atoms with van der Waals surface area (Å²) in [5, 5.41) is 0. The molecule has 3 heterocycles. The van der Waals surface area contributed by atoms with E-state index in [1.165, 1.54) is 6.08 Å². The Hall–Kier alpha value is -4.33. The molecule has 0 saturated carbocycles. The molecule has 34 heavy (non-hydrogen) atoms. The lowest BCUT2D eigenvalue weighted by Gasteiger charge is -2.15. The van der Waals surface area contributed by atoms with Crippen LogP contribution in [0.3, 0.4) is 0 Å². The highest BCUT2D eigenvalue weighted by atomic mass is 16.5. The number of nitrogens with zero attached hydrogens (tertiary/aromatic N) is 4. The van der Waals surface area contributed by atoms with Gasteiger partial charge < -0.3 is 14.4 Å². The van der Waals surface area contributed by atoms with Gasteiger partial charge >= 0.3 is 5.69 Å². The Labute approximate surface area is 196 Å². The Balaban J connectivity index is 1.47. The van der Waals surface area contributed by atoms with Crippen molar-refractivity contribution >= 4 is 16.9 Å². The van der Waals surface area contributed by atoms with Crippen molar-refractivity contribution in [3.63, 3.8) is 0 Å². The molecule has 8 nitrogen and oxygen atoms in total. The first-order valence-corrected chi connectivity index (χ1v) is 11.0. The predicted molar refractivity (Wildman–Crippen MR) is 129 cm³/mol. The molecule has 1 fully saturated rings. The van der Waals surface area contributed by atoms with Crippen molar-refractivity contribution < 1.29 is 14.3 Å². The Morgan fingerprint density at radius 3 is 2.38 bits per heavy atom. The fourth-order valence-corrected chi connectivity index (χ4v) is 4.40. The third-order valence-electron chi connectivity index (χ3n) is 6.08. The number of imidazole rings is 1. The Bertz CT molecular complexity index is 1400. The molecule has 4 aromatic rings. The van der Waals surface area contributed by atoms with Gasteiger partial charge in [-0.1, -0.05) is 6.58 Å². The highest BCUT2D eigenvalue weighted by Crippen LogP contribution is 2.28. The molecule has 8 heteroatoms. The number of pyridine rings is 1. The quantitative estimate of drug-likeness (QED) is 0.411. The summed E-state index contributed by atoms with van der Waals surface area (Å²) < 4.78 is 14.5. The van der Waals surface area contributed by atoms with E-state index in [0.29, 0.717) is 42.2 Å². The van der Waals surface area contributed by atoms with Crippen LogP contribution in [-0.2, 0) is 4.79 Å². The molecule has 2 aromatic carbocycles. The molecule has 1 aliphatic rings. The predicted octanol–water partition coefficient (Wildman–Crippen LogP) is 3.95. The van der Waals surface area contributed by atoms with Crippen LogP contribution < -0.4 is 15.2 Å². The van der Waals surface area contributed by atoms with Gasteiger partial charge in [0.2, 0.25) is 5.91 Å². The number of rotatable bonds is 6. The number of likely N-dealkylation sites (tertiary alicyclic amines) is 1. The SMILES string of the molecule is C=CC(=O)N1CCC(n2c(=O)n(-c3ccc(Oc4ccc(OC)cc4)cc3)c3cnccc32)C1. The Morgan fingerprint density at radius 1 is 1.03 bits per heavy atom. The first-order chi connectivity index (χ1) is 16.6. The standard InChI is InChI=1S/C26H24N4O4/c1-3-25(31)28-15-13-19(17-28)30-23-12-14-27-16-24(23)29(26(30)32)18-4-6-21(7-5-18)34-22-10-8-20(33-2)9-11-22/h3-12,14,16,19H,1,13,15,17H2,2H3. The van der Waals surface area contributed by atoms with Crippen LogP contribution in [0.1, 0.15) is 12.5 Å². The first kappa shape index (κ1) is 21.5. The number of ether oxygens (including phenoxy) is 2. The summed E-state index contributed by atoms with van der Waals surface area (Å²) in [6, 6.07) is 16.4. The van der Waals surface area contributed by atoms with Crippen LogP contribution in [-0.4, -0.2) is 45.1 Å². The van der Waals surface area contributed by atoms with E-state index >= 15 is 0 Å². The second-order valence-electron chi connectivity index (χ2n) is 8.05. The van der Waals surface area contributed by atoms with Crippen molar-refractivity contribution in [1.82, 2.24) is 19.0 Å². The van der Waals surface area contributed by atoms with Crippen LogP contribution >= 0.6 is 0 Å². The molecule has 0 N–H and O–H groups in total. The van der Waals surface area contributed by atoms with Gasteiger partial charge in [0, 0.05) is 19.3 Å². The molecule has 2 aromatic heterocycles. The second kappa shape index (κ2) is 8.90. The number of methoxy groups -OCH3 is 1. The van der Waals surface area contributed by atoms with E-state index < -0.39 is 0 Å². The van der Waals surface area contributed by atoms with Crippen LogP contribution in [0, 0.1) is 0 Å². The molecule has 5 rings (SSSR count). The molecule has 172 valence electrons. The lowest BCUT2D eigenvalue weighted by Crippen LogP contribution is -2.31. The van der Waals surface area contributed by atoms with Crippen LogP contribution in [0.5, 0.6) is 17.2 Å². The first-order valence-electron chi connectivity index (χ1n) is 11.0. The average molecular weight is 457 g/mol. The molecule has 0 bridgehead atoms. The zero-order valence-electron chi connectivity index (χ0n) is 18.8. The fourth-order valence-electron chi connectivity index (χ4n) is 4.40. The van der Waals surface area contributed by atoms with Gasteiger partial charge in [0.1, 0.15) is 17.2 Å². The molecule has 1 amide bonds. The van der Waals surface area contributed by atoms with Crippen LogP contribution in [0.15, 0.2) is 84.4 Å². The van der Waals surface area contributed by atoms with E-state index in [1.54, 1.807) is 33.5 Å². The molecule has 1 aliphatic heterocycles. The summed E-state index contributed by atoms with van der Waals surface area (Å²) in [5.41, 5.74) is 2.05. The number of carbonyl (C=O) groups is 1. The Kier molecular flexibility index (Phi) is 5.63. The summed E-state index contributed by atoms with van der Waals surface area (Å²) in [5.74, 6) is 1.98. The topological polar surface area (TPSA) is 78.6 Å². The summed E-state index contributed by atoms with van der Waals surface area (Å²) in [7, 11) is 1.62. The van der Waals surface area contributed by atoms with Gasteiger partial charge in [0.25, 0.3) is 0 Å². The summed E-state index contributed by atoms with van der Waals surface area (Å²) in [4.78, 5) is 31.6. The number of amides is 1. The number of hydrogen-bond donors (Lipinski definition) is 0. The van der Waals surface area contributed by atoms with E-state index in [-0.39, 0.29) is 17.6 Å². The molecule has 1 unspecified atom stereocenters. The second-order valence-corrected chi connectivity index (χ2v) is 8.05. The maximum absolute atomic E-state index is 13.6.